The highest BCUT2D eigenvalue weighted by molar-refractivity contribution is 5.35. The minimum absolute atomic E-state index is 0.716. The molecule has 0 aromatic carbocycles. The van der Waals surface area contributed by atoms with Crippen LogP contribution in [0.5, 0.6) is 0 Å². The third-order valence-electron chi connectivity index (χ3n) is 3.33. The van der Waals surface area contributed by atoms with E-state index in [0.29, 0.717) is 11.8 Å². The van der Waals surface area contributed by atoms with E-state index >= 15 is 0 Å². The lowest BCUT2D eigenvalue weighted by Gasteiger charge is -2.25. The van der Waals surface area contributed by atoms with Crippen LogP contribution in [0.3, 0.4) is 0 Å². The molecule has 0 saturated carbocycles. The summed E-state index contributed by atoms with van der Waals surface area (Å²) in [6.45, 7) is 12.0. The summed E-state index contributed by atoms with van der Waals surface area (Å²) in [5.41, 5.74) is 0.990. The largest absolute Gasteiger partial charge is 0.355 e. The molecule has 0 aliphatic heterocycles. The first-order chi connectivity index (χ1) is 9.52. The number of hydrogen-bond acceptors (Lipinski definition) is 4. The van der Waals surface area contributed by atoms with Crippen LogP contribution in [0.25, 0.3) is 0 Å². The van der Waals surface area contributed by atoms with E-state index in [0.717, 1.165) is 31.1 Å². The molecule has 0 aliphatic rings. The molecule has 4 heteroatoms. The molecule has 0 atom stereocenters. The molecule has 1 N–H and O–H groups in total. The van der Waals surface area contributed by atoms with Crippen LogP contribution >= 0.6 is 0 Å². The number of rotatable bonds is 9. The summed E-state index contributed by atoms with van der Waals surface area (Å²) in [5, 5.41) is 3.10. The summed E-state index contributed by atoms with van der Waals surface area (Å²) in [5.74, 6) is 2.44. The lowest BCUT2D eigenvalue weighted by Crippen LogP contribution is -2.28. The van der Waals surface area contributed by atoms with Crippen LogP contribution in [-0.2, 0) is 6.54 Å². The smallest absolute Gasteiger partial charge is 0.147 e. The number of nitrogens with one attached hydrogen (secondary N) is 1. The van der Waals surface area contributed by atoms with Gasteiger partial charge < -0.3 is 10.2 Å². The molecule has 20 heavy (non-hydrogen) atoms. The predicted octanol–water partition coefficient (Wildman–Crippen LogP) is 3.09. The van der Waals surface area contributed by atoms with E-state index in [1.807, 2.05) is 19.4 Å². The monoisotopic (exact) mass is 278 g/mol. The van der Waals surface area contributed by atoms with Crippen LogP contribution in [0, 0.1) is 11.8 Å². The van der Waals surface area contributed by atoms with Crippen molar-refractivity contribution in [3.8, 4) is 0 Å². The molecule has 1 aromatic heterocycles. The molecule has 0 aliphatic carbocycles. The Kier molecular flexibility index (Phi) is 7.52. The van der Waals surface area contributed by atoms with Gasteiger partial charge in [0.1, 0.15) is 5.82 Å². The summed E-state index contributed by atoms with van der Waals surface area (Å²) in [6, 6.07) is 0. The van der Waals surface area contributed by atoms with Crippen LogP contribution in [0.1, 0.15) is 46.2 Å². The Morgan fingerprint density at radius 2 is 1.60 bits per heavy atom. The third kappa shape index (κ3) is 6.33. The van der Waals surface area contributed by atoms with E-state index in [1.54, 1.807) is 0 Å². The van der Waals surface area contributed by atoms with Gasteiger partial charge in [-0.05, 0) is 31.7 Å². The highest BCUT2D eigenvalue weighted by atomic mass is 15.2. The Morgan fingerprint density at radius 1 is 1.00 bits per heavy atom. The molecule has 0 bridgehead atoms. The van der Waals surface area contributed by atoms with Gasteiger partial charge in [0, 0.05) is 19.6 Å². The van der Waals surface area contributed by atoms with Crippen LogP contribution in [0.15, 0.2) is 12.4 Å². The van der Waals surface area contributed by atoms with Gasteiger partial charge in [0.15, 0.2) is 0 Å². The average molecular weight is 278 g/mol. The van der Waals surface area contributed by atoms with Crippen molar-refractivity contribution in [2.75, 3.05) is 25.0 Å². The highest BCUT2D eigenvalue weighted by Gasteiger charge is 2.10. The molecular weight excluding hydrogens is 248 g/mol. The Morgan fingerprint density at radius 3 is 2.00 bits per heavy atom. The van der Waals surface area contributed by atoms with E-state index in [9.17, 15) is 0 Å². The van der Waals surface area contributed by atoms with Gasteiger partial charge in [-0.25, -0.2) is 4.98 Å². The summed E-state index contributed by atoms with van der Waals surface area (Å²) in [6.07, 6.45) is 6.17. The predicted molar refractivity (Wildman–Crippen MR) is 85.9 cm³/mol. The minimum atomic E-state index is 0.716. The lowest BCUT2D eigenvalue weighted by molar-refractivity contribution is 0.532. The molecule has 114 valence electrons. The van der Waals surface area contributed by atoms with E-state index in [4.69, 9.17) is 0 Å². The molecule has 0 spiro atoms. The zero-order chi connectivity index (χ0) is 15.0. The van der Waals surface area contributed by atoms with Crippen molar-refractivity contribution in [3.05, 3.63) is 18.1 Å². The fraction of sp³-hybridized carbons (Fsp3) is 0.750. The normalized spacial score (nSPS) is 11.3. The molecule has 0 unspecified atom stereocenters. The second-order valence-corrected chi connectivity index (χ2v) is 6.25. The van der Waals surface area contributed by atoms with Crippen molar-refractivity contribution in [2.24, 2.45) is 11.8 Å². The first kappa shape index (κ1) is 16.9. The lowest BCUT2D eigenvalue weighted by atomic mass is 10.1. The molecule has 0 radical (unpaired) electrons. The topological polar surface area (TPSA) is 41.1 Å². The van der Waals surface area contributed by atoms with Crippen molar-refractivity contribution < 1.29 is 0 Å². The second-order valence-electron chi connectivity index (χ2n) is 6.25. The molecule has 1 heterocycles. The van der Waals surface area contributed by atoms with E-state index in [1.165, 1.54) is 12.8 Å². The van der Waals surface area contributed by atoms with Crippen molar-refractivity contribution >= 4 is 5.82 Å². The van der Waals surface area contributed by atoms with Crippen LogP contribution in [-0.4, -0.2) is 30.1 Å². The van der Waals surface area contributed by atoms with E-state index in [-0.39, 0.29) is 0 Å². The van der Waals surface area contributed by atoms with Crippen molar-refractivity contribution in [1.82, 2.24) is 15.3 Å². The van der Waals surface area contributed by atoms with Gasteiger partial charge in [-0.3, -0.25) is 4.98 Å². The van der Waals surface area contributed by atoms with Crippen molar-refractivity contribution in [1.29, 1.82) is 0 Å². The van der Waals surface area contributed by atoms with Gasteiger partial charge >= 0.3 is 0 Å². The maximum atomic E-state index is 4.58. The molecule has 0 fully saturated rings. The third-order valence-corrected chi connectivity index (χ3v) is 3.33. The van der Waals surface area contributed by atoms with Crippen LogP contribution < -0.4 is 10.2 Å². The van der Waals surface area contributed by atoms with E-state index in [2.05, 4.69) is 47.9 Å². The maximum Gasteiger partial charge on any atom is 0.147 e. The number of aromatic nitrogens is 2. The summed E-state index contributed by atoms with van der Waals surface area (Å²) < 4.78 is 0. The van der Waals surface area contributed by atoms with Crippen LogP contribution in [0.2, 0.25) is 0 Å². The Balaban J connectivity index is 2.69. The van der Waals surface area contributed by atoms with Gasteiger partial charge in [-0.15, -0.1) is 0 Å². The van der Waals surface area contributed by atoms with Gasteiger partial charge in [0.05, 0.1) is 18.1 Å². The first-order valence-electron chi connectivity index (χ1n) is 7.73. The van der Waals surface area contributed by atoms with Crippen molar-refractivity contribution in [3.63, 3.8) is 0 Å². The second kappa shape index (κ2) is 8.90. The van der Waals surface area contributed by atoms with Crippen molar-refractivity contribution in [2.45, 2.75) is 47.1 Å². The Hall–Kier alpha value is -1.16. The molecular formula is C16H30N4. The van der Waals surface area contributed by atoms with Gasteiger partial charge in [0.2, 0.25) is 0 Å². The van der Waals surface area contributed by atoms with Gasteiger partial charge in [-0.2, -0.15) is 0 Å². The van der Waals surface area contributed by atoms with Crippen LogP contribution in [0.4, 0.5) is 5.82 Å². The standard InChI is InChI=1S/C16H30N4/c1-13(2)6-8-20(9-7-14(3)4)16-12-18-15(10-17-5)11-19-16/h11-14,17H,6-10H2,1-5H3. The number of hydrogen-bond donors (Lipinski definition) is 1. The fourth-order valence-corrected chi connectivity index (χ4v) is 1.95. The molecule has 0 saturated heterocycles. The Bertz CT molecular complexity index is 347. The summed E-state index contributed by atoms with van der Waals surface area (Å²) in [4.78, 5) is 11.4. The first-order valence-corrected chi connectivity index (χ1v) is 7.73. The summed E-state index contributed by atoms with van der Waals surface area (Å²) in [7, 11) is 1.92. The minimum Gasteiger partial charge on any atom is -0.355 e. The molecule has 1 aromatic rings. The number of anilines is 1. The van der Waals surface area contributed by atoms with Gasteiger partial charge in [0.25, 0.3) is 0 Å². The van der Waals surface area contributed by atoms with E-state index < -0.39 is 0 Å². The molecule has 1 rings (SSSR count). The average Bonchev–Trinajstić information content (AvgIpc) is 2.40. The molecule has 4 nitrogen and oxygen atoms in total. The SMILES string of the molecule is CNCc1cnc(N(CCC(C)C)CCC(C)C)cn1. The fourth-order valence-electron chi connectivity index (χ4n) is 1.95. The quantitative estimate of drug-likeness (QED) is 0.753. The Labute approximate surface area is 124 Å². The summed E-state index contributed by atoms with van der Waals surface area (Å²) >= 11 is 0. The molecule has 0 amide bonds. The van der Waals surface area contributed by atoms with Gasteiger partial charge in [-0.1, -0.05) is 27.7 Å². The zero-order valence-corrected chi connectivity index (χ0v) is 13.7. The highest BCUT2D eigenvalue weighted by Crippen LogP contribution is 2.14. The zero-order valence-electron chi connectivity index (χ0n) is 13.7. The maximum absolute atomic E-state index is 4.58. The number of nitrogens with zero attached hydrogens (tertiary/aromatic N) is 3.